The molecule has 0 aliphatic carbocycles. The van der Waals surface area contributed by atoms with Gasteiger partial charge in [-0.1, -0.05) is 131 Å². The van der Waals surface area contributed by atoms with E-state index in [-0.39, 0.29) is 48.9 Å². The zero-order valence-corrected chi connectivity index (χ0v) is 39.0. The van der Waals surface area contributed by atoms with E-state index in [1.807, 2.05) is 98.8 Å². The fourth-order valence-corrected chi connectivity index (χ4v) is 8.37. The van der Waals surface area contributed by atoms with Crippen LogP contribution in [0.3, 0.4) is 0 Å². The molecular weight excluding hydrogens is 890 g/mol. The number of nitrogens with one attached hydrogen (secondary N) is 2. The lowest BCUT2D eigenvalue weighted by Crippen LogP contribution is -2.57. The molecule has 0 spiro atoms. The maximum atomic E-state index is 13.3. The van der Waals surface area contributed by atoms with Crippen molar-refractivity contribution in [1.29, 1.82) is 0 Å². The molecule has 8 nitrogen and oxygen atoms in total. The average Bonchev–Trinajstić information content (AvgIpc) is 3.29. The van der Waals surface area contributed by atoms with Crippen LogP contribution in [0.1, 0.15) is 61.8 Å². The van der Waals surface area contributed by atoms with Gasteiger partial charge in [0, 0.05) is 56.1 Å². The fourth-order valence-electron chi connectivity index (χ4n) is 7.79. The molecular formula is C52H50Cl4N2O6. The van der Waals surface area contributed by atoms with Gasteiger partial charge in [-0.25, -0.2) is 0 Å². The summed E-state index contributed by atoms with van der Waals surface area (Å²) in [7, 11) is 0. The van der Waals surface area contributed by atoms with E-state index in [0.717, 1.165) is 35.1 Å². The third-order valence-electron chi connectivity index (χ3n) is 11.6. The lowest BCUT2D eigenvalue weighted by Gasteiger charge is -2.36. The number of ether oxygens (including phenoxy) is 4. The molecule has 2 unspecified atom stereocenters. The number of amides is 2. The average molecular weight is 941 g/mol. The number of hydrogen-bond donors (Lipinski definition) is 2. The normalized spacial score (nSPS) is 19.1. The number of hydrogen-bond acceptors (Lipinski definition) is 6. The zero-order chi connectivity index (χ0) is 45.4. The molecule has 8 rings (SSSR count). The highest BCUT2D eigenvalue weighted by Crippen LogP contribution is 2.39. The van der Waals surface area contributed by atoms with E-state index in [0.29, 0.717) is 43.1 Å². The molecule has 2 N–H and O–H groups in total. The van der Waals surface area contributed by atoms with Crippen LogP contribution in [0, 0.1) is 0 Å². The molecule has 2 aliphatic heterocycles. The maximum Gasteiger partial charge on any atom is 0.267 e. The number of fused-ring (bicyclic) bond motifs is 2. The highest BCUT2D eigenvalue weighted by molar-refractivity contribution is 6.31. The Morgan fingerprint density at radius 2 is 0.875 bits per heavy atom. The molecule has 2 amide bonds. The molecule has 0 saturated heterocycles. The third-order valence-corrected chi connectivity index (χ3v) is 12.5. The van der Waals surface area contributed by atoms with Gasteiger partial charge >= 0.3 is 0 Å². The Morgan fingerprint density at radius 3 is 1.33 bits per heavy atom. The van der Waals surface area contributed by atoms with Gasteiger partial charge in [-0.2, -0.15) is 0 Å². The first-order valence-electron chi connectivity index (χ1n) is 21.1. The van der Waals surface area contributed by atoms with Crippen molar-refractivity contribution < 1.29 is 28.5 Å². The van der Waals surface area contributed by atoms with Crippen molar-refractivity contribution in [3.05, 3.63) is 188 Å². The smallest absolute Gasteiger partial charge is 0.267 e. The Kier molecular flexibility index (Phi) is 15.0. The van der Waals surface area contributed by atoms with Gasteiger partial charge in [0.05, 0.1) is 0 Å². The Balaban J connectivity index is 0.000000191. The number of rotatable bonds is 12. The first kappa shape index (κ1) is 46.6. The van der Waals surface area contributed by atoms with Crippen LogP contribution in [0.2, 0.25) is 20.1 Å². The van der Waals surface area contributed by atoms with Gasteiger partial charge in [-0.3, -0.25) is 9.59 Å². The Hall–Kier alpha value is -5.38. The number of carbonyl (C=O) groups excluding carboxylic acids is 2. The predicted molar refractivity (Wildman–Crippen MR) is 256 cm³/mol. The second-order valence-corrected chi connectivity index (χ2v) is 18.4. The van der Waals surface area contributed by atoms with E-state index in [1.165, 1.54) is 0 Å². The van der Waals surface area contributed by atoms with Crippen LogP contribution in [0.4, 0.5) is 0 Å². The Morgan fingerprint density at radius 1 is 0.500 bits per heavy atom. The molecule has 6 aromatic carbocycles. The predicted octanol–water partition coefficient (Wildman–Crippen LogP) is 12.1. The van der Waals surface area contributed by atoms with Crippen molar-refractivity contribution in [2.24, 2.45) is 0 Å². The van der Waals surface area contributed by atoms with Crippen LogP contribution in [0.15, 0.2) is 146 Å². The van der Waals surface area contributed by atoms with E-state index < -0.39 is 11.2 Å². The summed E-state index contributed by atoms with van der Waals surface area (Å²) in [5.74, 6) is 1.78. The third kappa shape index (κ3) is 11.6. The van der Waals surface area contributed by atoms with Gasteiger partial charge < -0.3 is 29.6 Å². The van der Waals surface area contributed by atoms with E-state index in [9.17, 15) is 9.59 Å². The molecule has 2 aliphatic rings. The molecule has 6 aromatic rings. The molecule has 6 atom stereocenters. The molecule has 0 saturated carbocycles. The monoisotopic (exact) mass is 938 g/mol. The summed E-state index contributed by atoms with van der Waals surface area (Å²) in [5.41, 5.74) is 2.30. The Bertz CT molecular complexity index is 2530. The summed E-state index contributed by atoms with van der Waals surface area (Å²) < 4.78 is 23.7. The van der Waals surface area contributed by atoms with E-state index in [1.54, 1.807) is 50.2 Å². The van der Waals surface area contributed by atoms with Crippen molar-refractivity contribution in [2.45, 2.75) is 75.7 Å². The first-order chi connectivity index (χ1) is 30.7. The van der Waals surface area contributed by atoms with Crippen LogP contribution in [-0.4, -0.2) is 48.3 Å². The standard InChI is InChI=1S/2C26H25Cl2NO3/c1-17(22(19-6-4-3-5-7-19)14-18-8-10-20(27)11-9-18)29-25(30)26(2)16-31-24-15-21(28)12-13-23(24)32-26;1-17(22(19-6-4-3-5-7-19)14-18-8-10-20(27)11-9-18)29-25(30)26(2)16-31-23-13-12-21(28)15-24(23)32-26/h2*3-13,15,17,22H,14,16H2,1-2H3,(H,29,30)/t2*17-,22+,26?/m00/s1. The van der Waals surface area contributed by atoms with Crippen LogP contribution < -0.4 is 29.6 Å². The van der Waals surface area contributed by atoms with Crippen molar-refractivity contribution in [3.8, 4) is 23.0 Å². The molecule has 0 aromatic heterocycles. The molecule has 0 bridgehead atoms. The van der Waals surface area contributed by atoms with Crippen LogP contribution in [0.25, 0.3) is 0 Å². The zero-order valence-electron chi connectivity index (χ0n) is 36.0. The molecule has 2 heterocycles. The number of halogens is 4. The maximum absolute atomic E-state index is 13.3. The van der Waals surface area contributed by atoms with Crippen LogP contribution in [-0.2, 0) is 22.4 Å². The van der Waals surface area contributed by atoms with Crippen molar-refractivity contribution in [3.63, 3.8) is 0 Å². The van der Waals surface area contributed by atoms with E-state index in [4.69, 9.17) is 65.4 Å². The van der Waals surface area contributed by atoms with Gasteiger partial charge in [-0.05, 0) is 111 Å². The lowest BCUT2D eigenvalue weighted by molar-refractivity contribution is -0.141. The van der Waals surface area contributed by atoms with Crippen molar-refractivity contribution >= 4 is 58.2 Å². The Labute approximate surface area is 395 Å². The number of carbonyl (C=O) groups is 2. The molecule has 0 fully saturated rings. The summed E-state index contributed by atoms with van der Waals surface area (Å²) in [5, 5.41) is 8.82. The van der Waals surface area contributed by atoms with E-state index >= 15 is 0 Å². The largest absolute Gasteiger partial charge is 0.485 e. The van der Waals surface area contributed by atoms with Gasteiger partial charge in [0.2, 0.25) is 11.2 Å². The second-order valence-electron chi connectivity index (χ2n) is 16.6. The van der Waals surface area contributed by atoms with Gasteiger partial charge in [-0.15, -0.1) is 0 Å². The summed E-state index contributed by atoms with van der Waals surface area (Å²) in [6, 6.07) is 46.0. The highest BCUT2D eigenvalue weighted by Gasteiger charge is 2.43. The van der Waals surface area contributed by atoms with Crippen LogP contribution >= 0.6 is 46.4 Å². The van der Waals surface area contributed by atoms with Gasteiger partial charge in [0.15, 0.2) is 23.0 Å². The highest BCUT2D eigenvalue weighted by atomic mass is 35.5. The summed E-state index contributed by atoms with van der Waals surface area (Å²) in [6.07, 6.45) is 1.52. The number of benzene rings is 6. The second kappa shape index (κ2) is 20.6. The first-order valence-corrected chi connectivity index (χ1v) is 22.6. The topological polar surface area (TPSA) is 95.1 Å². The lowest BCUT2D eigenvalue weighted by atomic mass is 9.86. The molecule has 12 heteroatoms. The van der Waals surface area contributed by atoms with Gasteiger partial charge in [0.25, 0.3) is 11.8 Å². The fraction of sp³-hybridized carbons (Fsp3) is 0.269. The minimum atomic E-state index is -1.16. The van der Waals surface area contributed by atoms with E-state index in [2.05, 4.69) is 34.9 Å². The quantitative estimate of drug-likeness (QED) is 0.127. The molecule has 64 heavy (non-hydrogen) atoms. The van der Waals surface area contributed by atoms with Crippen molar-refractivity contribution in [2.75, 3.05) is 13.2 Å². The molecule has 332 valence electrons. The minimum absolute atomic E-state index is 0.0659. The summed E-state index contributed by atoms with van der Waals surface area (Å²) in [4.78, 5) is 26.6. The summed E-state index contributed by atoms with van der Waals surface area (Å²) >= 11 is 24.2. The summed E-state index contributed by atoms with van der Waals surface area (Å²) in [6.45, 7) is 7.73. The minimum Gasteiger partial charge on any atom is -0.485 e. The van der Waals surface area contributed by atoms with Crippen LogP contribution in [0.5, 0.6) is 23.0 Å². The van der Waals surface area contributed by atoms with Gasteiger partial charge in [0.1, 0.15) is 13.2 Å². The molecule has 0 radical (unpaired) electrons. The SMILES string of the molecule is C[C@H](NC(=O)C1(C)COc2cc(Cl)ccc2O1)[C@@H](Cc1ccc(Cl)cc1)c1ccccc1.C[C@H](NC(=O)C1(C)COc2ccc(Cl)cc2O1)[C@@H](Cc1ccc(Cl)cc1)c1ccccc1. The van der Waals surface area contributed by atoms with Crippen molar-refractivity contribution in [1.82, 2.24) is 10.6 Å².